The number of aromatic hydroxyl groups is 2. The quantitative estimate of drug-likeness (QED) is 0.620. The lowest BCUT2D eigenvalue weighted by atomic mass is 9.85. The predicted molar refractivity (Wildman–Crippen MR) is 104 cm³/mol. The summed E-state index contributed by atoms with van der Waals surface area (Å²) in [6, 6.07) is 3.14. The van der Waals surface area contributed by atoms with Gasteiger partial charge in [-0.1, -0.05) is 0 Å². The highest BCUT2D eigenvalue weighted by molar-refractivity contribution is 5.88. The van der Waals surface area contributed by atoms with Gasteiger partial charge < -0.3 is 34.3 Å². The smallest absolute Gasteiger partial charge is 0.203 e. The largest absolute Gasteiger partial charge is 0.633 e. The van der Waals surface area contributed by atoms with Gasteiger partial charge in [0.05, 0.1) is 34.9 Å². The van der Waals surface area contributed by atoms with Crippen LogP contribution in [-0.4, -0.2) is 49.8 Å². The van der Waals surface area contributed by atoms with Crippen LogP contribution in [0.15, 0.2) is 12.1 Å². The molecule has 0 amide bonds. The van der Waals surface area contributed by atoms with E-state index in [2.05, 4.69) is 0 Å². The SMILES string of the molecule is COc1cc2c3c(c1O)-c1c(cc(O)c(OC)c1OC)CCC3[N+](C)([O-])CC2. The van der Waals surface area contributed by atoms with Crippen molar-refractivity contribution in [1.82, 2.24) is 0 Å². The van der Waals surface area contributed by atoms with Gasteiger partial charge in [0, 0.05) is 29.5 Å². The average Bonchev–Trinajstić information content (AvgIpc) is 2.84. The molecule has 0 aromatic heterocycles. The fraction of sp³-hybridized carbons (Fsp3) is 0.429. The van der Waals surface area contributed by atoms with E-state index < -0.39 is 4.65 Å². The van der Waals surface area contributed by atoms with Crippen LogP contribution in [-0.2, 0) is 12.8 Å². The van der Waals surface area contributed by atoms with E-state index in [1.807, 2.05) is 6.07 Å². The van der Waals surface area contributed by atoms with Crippen LogP contribution >= 0.6 is 0 Å². The number of hydroxylamine groups is 3. The van der Waals surface area contributed by atoms with E-state index in [9.17, 15) is 15.4 Å². The maximum Gasteiger partial charge on any atom is 0.203 e. The van der Waals surface area contributed by atoms with Gasteiger partial charge in [-0.15, -0.1) is 0 Å². The number of fused-ring (bicyclic) bond motifs is 2. The van der Waals surface area contributed by atoms with Crippen LogP contribution in [0.25, 0.3) is 11.1 Å². The van der Waals surface area contributed by atoms with Crippen molar-refractivity contribution in [2.45, 2.75) is 25.3 Å². The van der Waals surface area contributed by atoms with Gasteiger partial charge in [0.2, 0.25) is 5.75 Å². The van der Waals surface area contributed by atoms with Crippen molar-refractivity contribution in [1.29, 1.82) is 0 Å². The maximum absolute atomic E-state index is 13.3. The van der Waals surface area contributed by atoms with E-state index >= 15 is 0 Å². The van der Waals surface area contributed by atoms with Crippen LogP contribution < -0.4 is 14.2 Å². The molecule has 2 aromatic carbocycles. The number of nitrogens with zero attached hydrogens (tertiary/aromatic N) is 1. The second-order valence-corrected chi connectivity index (χ2v) is 7.57. The summed E-state index contributed by atoms with van der Waals surface area (Å²) in [5, 5.41) is 34.8. The second kappa shape index (κ2) is 6.46. The van der Waals surface area contributed by atoms with Crippen molar-refractivity contribution in [2.75, 3.05) is 34.9 Å². The Morgan fingerprint density at radius 3 is 2.32 bits per heavy atom. The van der Waals surface area contributed by atoms with Crippen LogP contribution in [0.1, 0.15) is 29.2 Å². The molecule has 2 aromatic rings. The minimum Gasteiger partial charge on any atom is -0.633 e. The monoisotopic (exact) mass is 387 g/mol. The summed E-state index contributed by atoms with van der Waals surface area (Å²) < 4.78 is 16.0. The van der Waals surface area contributed by atoms with Gasteiger partial charge in [0.15, 0.2) is 23.0 Å². The summed E-state index contributed by atoms with van der Waals surface area (Å²) in [4.78, 5) is 0. The van der Waals surface area contributed by atoms with Crippen molar-refractivity contribution in [3.63, 3.8) is 0 Å². The Labute approximate surface area is 163 Å². The zero-order valence-electron chi connectivity index (χ0n) is 16.5. The number of phenolic OH excluding ortho intramolecular Hbond substituents is 2. The maximum atomic E-state index is 13.3. The van der Waals surface area contributed by atoms with Gasteiger partial charge in [-0.25, -0.2) is 0 Å². The molecule has 4 rings (SSSR count). The summed E-state index contributed by atoms with van der Waals surface area (Å²) in [5.74, 6) is 0.842. The Bertz CT molecular complexity index is 953. The van der Waals surface area contributed by atoms with E-state index in [1.54, 1.807) is 13.1 Å². The molecule has 2 unspecified atom stereocenters. The van der Waals surface area contributed by atoms with E-state index in [1.165, 1.54) is 21.3 Å². The van der Waals surface area contributed by atoms with Crippen molar-refractivity contribution in [3.8, 4) is 39.9 Å². The number of hydrogen-bond acceptors (Lipinski definition) is 6. The second-order valence-electron chi connectivity index (χ2n) is 7.57. The first kappa shape index (κ1) is 18.7. The third kappa shape index (κ3) is 2.50. The standard InChI is InChI=1S/C21H25NO6/c1-22(25)8-7-12-10-15(26-2)19(24)18-16(12)13(22)6-5-11-9-14(23)20(27-3)21(28-4)17(11)18/h9-10,13,23-24H,5-8H2,1-4H3. The molecule has 0 radical (unpaired) electrons. The molecule has 28 heavy (non-hydrogen) atoms. The third-order valence-corrected chi connectivity index (χ3v) is 6.07. The van der Waals surface area contributed by atoms with E-state index in [0.29, 0.717) is 48.4 Å². The zero-order valence-corrected chi connectivity index (χ0v) is 16.5. The minimum atomic E-state index is -0.398. The molecule has 1 heterocycles. The van der Waals surface area contributed by atoms with Crippen molar-refractivity contribution >= 4 is 0 Å². The number of ether oxygens (including phenoxy) is 3. The van der Waals surface area contributed by atoms with Crippen LogP contribution in [0.5, 0.6) is 28.7 Å². The van der Waals surface area contributed by atoms with Gasteiger partial charge in [-0.05, 0) is 29.7 Å². The average molecular weight is 387 g/mol. The molecule has 0 spiro atoms. The Hall–Kier alpha value is -2.64. The Morgan fingerprint density at radius 2 is 1.68 bits per heavy atom. The molecule has 2 N–H and O–H groups in total. The fourth-order valence-electron chi connectivity index (χ4n) is 4.73. The number of benzene rings is 2. The van der Waals surface area contributed by atoms with Crippen LogP contribution in [0.3, 0.4) is 0 Å². The number of quaternary nitrogens is 1. The van der Waals surface area contributed by atoms with E-state index in [0.717, 1.165) is 16.7 Å². The Kier molecular flexibility index (Phi) is 4.32. The molecule has 7 nitrogen and oxygen atoms in total. The number of rotatable bonds is 3. The minimum absolute atomic E-state index is 0.0256. The molecular formula is C21H25NO6. The van der Waals surface area contributed by atoms with Gasteiger partial charge >= 0.3 is 0 Å². The summed E-state index contributed by atoms with van der Waals surface area (Å²) in [5.41, 5.74) is 3.83. The highest BCUT2D eigenvalue weighted by atomic mass is 16.5. The highest BCUT2D eigenvalue weighted by Crippen LogP contribution is 2.57. The van der Waals surface area contributed by atoms with Crippen molar-refractivity contribution < 1.29 is 29.1 Å². The van der Waals surface area contributed by atoms with E-state index in [-0.39, 0.29) is 23.3 Å². The molecule has 0 saturated carbocycles. The highest BCUT2D eigenvalue weighted by Gasteiger charge is 2.41. The van der Waals surface area contributed by atoms with Crippen molar-refractivity contribution in [3.05, 3.63) is 34.0 Å². The predicted octanol–water partition coefficient (Wildman–Crippen LogP) is 3.28. The third-order valence-electron chi connectivity index (χ3n) is 6.07. The topological polar surface area (TPSA) is 91.2 Å². The van der Waals surface area contributed by atoms with Crippen LogP contribution in [0.4, 0.5) is 0 Å². The van der Waals surface area contributed by atoms with Crippen LogP contribution in [0, 0.1) is 5.21 Å². The van der Waals surface area contributed by atoms with Gasteiger partial charge in [-0.3, -0.25) is 0 Å². The van der Waals surface area contributed by atoms with E-state index in [4.69, 9.17) is 14.2 Å². The lowest BCUT2D eigenvalue weighted by Crippen LogP contribution is -2.46. The molecule has 7 heteroatoms. The number of phenols is 2. The van der Waals surface area contributed by atoms with Gasteiger partial charge in [0.1, 0.15) is 6.04 Å². The summed E-state index contributed by atoms with van der Waals surface area (Å²) in [7, 11) is 6.14. The molecule has 1 aliphatic carbocycles. The molecule has 2 atom stereocenters. The lowest BCUT2D eigenvalue weighted by molar-refractivity contribution is -0.895. The number of hydrogen-bond donors (Lipinski definition) is 2. The van der Waals surface area contributed by atoms with Crippen molar-refractivity contribution in [2.24, 2.45) is 0 Å². The van der Waals surface area contributed by atoms with Gasteiger partial charge in [-0.2, -0.15) is 0 Å². The molecule has 0 saturated heterocycles. The fourth-order valence-corrected chi connectivity index (χ4v) is 4.73. The van der Waals surface area contributed by atoms with Gasteiger partial charge in [0.25, 0.3) is 0 Å². The first-order chi connectivity index (χ1) is 13.3. The first-order valence-corrected chi connectivity index (χ1v) is 9.30. The number of aryl methyl sites for hydroxylation is 1. The number of methoxy groups -OCH3 is 3. The molecule has 0 fully saturated rings. The lowest BCUT2D eigenvalue weighted by Gasteiger charge is -2.49. The molecule has 2 aliphatic rings. The Balaban J connectivity index is 2.15. The normalized spacial score (nSPS) is 22.7. The Morgan fingerprint density at radius 1 is 0.964 bits per heavy atom. The first-order valence-electron chi connectivity index (χ1n) is 9.30. The zero-order chi connectivity index (χ0) is 20.2. The molecule has 0 bridgehead atoms. The summed E-state index contributed by atoms with van der Waals surface area (Å²) >= 11 is 0. The molecule has 1 aliphatic heterocycles. The number of likely N-dealkylation sites (N-methyl/N-ethyl adjacent to an activating group) is 1. The molecular weight excluding hydrogens is 362 g/mol. The van der Waals surface area contributed by atoms with Crippen LogP contribution in [0.2, 0.25) is 0 Å². The summed E-state index contributed by atoms with van der Waals surface area (Å²) in [6.07, 6.45) is 1.77. The summed E-state index contributed by atoms with van der Waals surface area (Å²) in [6.45, 7) is 0.465. The molecule has 150 valence electrons.